The number of hydrogen-bond acceptors (Lipinski definition) is 5. The topological polar surface area (TPSA) is 108 Å². The van der Waals surface area contributed by atoms with Crippen LogP contribution in [0.25, 0.3) is 11.1 Å². The van der Waals surface area contributed by atoms with Crippen LogP contribution in [0, 0.1) is 0 Å². The number of pyridine rings is 1. The molecule has 2 rings (SSSR count). The summed E-state index contributed by atoms with van der Waals surface area (Å²) in [6.45, 7) is -1.36. The van der Waals surface area contributed by atoms with Crippen LogP contribution in [0.15, 0.2) is 42.6 Å². The number of sulfonamides is 1. The van der Waals surface area contributed by atoms with E-state index in [1.54, 1.807) is 24.3 Å². The molecule has 0 radical (unpaired) electrons. The van der Waals surface area contributed by atoms with Crippen molar-refractivity contribution >= 4 is 15.9 Å². The number of alkyl halides is 4. The van der Waals surface area contributed by atoms with Gasteiger partial charge in [0.2, 0.25) is 10.0 Å². The first-order valence-corrected chi connectivity index (χ1v) is 10.4. The van der Waals surface area contributed by atoms with Crippen LogP contribution in [-0.4, -0.2) is 49.6 Å². The van der Waals surface area contributed by atoms with Gasteiger partial charge >= 0.3 is 12.1 Å². The summed E-state index contributed by atoms with van der Waals surface area (Å²) in [7, 11) is -3.35. The van der Waals surface area contributed by atoms with Crippen molar-refractivity contribution in [1.29, 1.82) is 0 Å². The maximum absolute atomic E-state index is 13.1. The predicted octanol–water partition coefficient (Wildman–Crippen LogP) is 1.85. The number of aliphatic hydroxyl groups is 1. The standard InChI is InChI=1S/C18H19F4N3O4S/c1-30(28,29)24-10-14-7-6-13(9-23-14)11-2-4-12(5-3-11)16(26)15(8-19)25-17(27)18(20,21)22/h2-7,9,15-16,24,26H,8,10H2,1H3,(H,25,27). The summed E-state index contributed by atoms with van der Waals surface area (Å²) < 4.78 is 74.6. The average molecular weight is 449 g/mol. The van der Waals surface area contributed by atoms with Gasteiger partial charge in [0.05, 0.1) is 24.5 Å². The number of halogens is 4. The minimum Gasteiger partial charge on any atom is -0.386 e. The smallest absolute Gasteiger partial charge is 0.386 e. The fourth-order valence-electron chi connectivity index (χ4n) is 2.46. The molecule has 0 aliphatic carbocycles. The number of carbonyl (C=O) groups excluding carboxylic acids is 1. The molecule has 1 heterocycles. The van der Waals surface area contributed by atoms with Crippen molar-refractivity contribution in [3.05, 3.63) is 53.9 Å². The van der Waals surface area contributed by atoms with Crippen LogP contribution in [-0.2, 0) is 21.4 Å². The highest BCUT2D eigenvalue weighted by Gasteiger charge is 2.40. The largest absolute Gasteiger partial charge is 0.471 e. The van der Waals surface area contributed by atoms with Crippen LogP contribution in [0.4, 0.5) is 17.6 Å². The van der Waals surface area contributed by atoms with Crippen molar-refractivity contribution in [2.75, 3.05) is 12.9 Å². The lowest BCUT2D eigenvalue weighted by molar-refractivity contribution is -0.175. The summed E-state index contributed by atoms with van der Waals surface area (Å²) in [5.74, 6) is -2.34. The van der Waals surface area contributed by atoms with Gasteiger partial charge in [-0.25, -0.2) is 17.5 Å². The molecule has 1 amide bonds. The van der Waals surface area contributed by atoms with E-state index in [0.717, 1.165) is 6.26 Å². The molecule has 1 aromatic carbocycles. The number of carbonyl (C=O) groups is 1. The fourth-order valence-corrected chi connectivity index (χ4v) is 2.87. The summed E-state index contributed by atoms with van der Waals surface area (Å²) in [6, 6.07) is 7.42. The molecule has 30 heavy (non-hydrogen) atoms. The van der Waals surface area contributed by atoms with E-state index >= 15 is 0 Å². The second-order valence-electron chi connectivity index (χ2n) is 6.43. The van der Waals surface area contributed by atoms with Crippen molar-refractivity contribution in [2.24, 2.45) is 0 Å². The number of rotatable bonds is 8. The van der Waals surface area contributed by atoms with Crippen molar-refractivity contribution < 1.29 is 35.9 Å². The normalized spacial score (nSPS) is 14.2. The summed E-state index contributed by atoms with van der Waals surface area (Å²) in [5.41, 5.74) is 1.91. The quantitative estimate of drug-likeness (QED) is 0.533. The van der Waals surface area contributed by atoms with Crippen LogP contribution in [0.2, 0.25) is 0 Å². The lowest BCUT2D eigenvalue weighted by Crippen LogP contribution is -2.46. The van der Waals surface area contributed by atoms with Gasteiger partial charge in [0.1, 0.15) is 12.8 Å². The van der Waals surface area contributed by atoms with Gasteiger partial charge in [-0.1, -0.05) is 30.3 Å². The summed E-state index contributed by atoms with van der Waals surface area (Å²) in [6.07, 6.45) is -4.34. The monoisotopic (exact) mass is 449 g/mol. The van der Waals surface area contributed by atoms with Crippen LogP contribution in [0.1, 0.15) is 17.4 Å². The van der Waals surface area contributed by atoms with Crippen LogP contribution < -0.4 is 10.0 Å². The van der Waals surface area contributed by atoms with Crippen LogP contribution >= 0.6 is 0 Å². The minimum atomic E-state index is -5.19. The van der Waals surface area contributed by atoms with Gasteiger partial charge in [-0.15, -0.1) is 0 Å². The van der Waals surface area contributed by atoms with Gasteiger partial charge in [0.25, 0.3) is 0 Å². The Balaban J connectivity index is 2.09. The molecule has 0 fully saturated rings. The van der Waals surface area contributed by atoms with Gasteiger partial charge in [-0.05, 0) is 17.2 Å². The SMILES string of the molecule is CS(=O)(=O)NCc1ccc(-c2ccc(C(O)C(CF)NC(=O)C(F)(F)F)cc2)cn1. The van der Waals surface area contributed by atoms with Gasteiger partial charge < -0.3 is 10.4 Å². The molecular weight excluding hydrogens is 430 g/mol. The summed E-state index contributed by atoms with van der Waals surface area (Å²) >= 11 is 0. The zero-order chi connectivity index (χ0) is 22.5. The maximum Gasteiger partial charge on any atom is 0.471 e. The Morgan fingerprint density at radius 3 is 2.20 bits per heavy atom. The molecule has 0 aliphatic heterocycles. The Kier molecular flexibility index (Phi) is 7.50. The van der Waals surface area contributed by atoms with E-state index in [4.69, 9.17) is 0 Å². The molecule has 2 aromatic rings. The number of aliphatic hydroxyl groups excluding tert-OH is 1. The zero-order valence-electron chi connectivity index (χ0n) is 15.6. The molecular formula is C18H19F4N3O4S. The number of amides is 1. The van der Waals surface area contributed by atoms with E-state index in [-0.39, 0.29) is 12.1 Å². The second kappa shape index (κ2) is 9.49. The van der Waals surface area contributed by atoms with Gasteiger partial charge in [-0.3, -0.25) is 9.78 Å². The lowest BCUT2D eigenvalue weighted by atomic mass is 9.99. The Morgan fingerprint density at radius 1 is 1.13 bits per heavy atom. The van der Waals surface area contributed by atoms with Crippen molar-refractivity contribution in [3.8, 4) is 11.1 Å². The Morgan fingerprint density at radius 2 is 1.73 bits per heavy atom. The third-order valence-electron chi connectivity index (χ3n) is 4.05. The molecule has 3 N–H and O–H groups in total. The molecule has 1 aromatic heterocycles. The number of nitrogens with one attached hydrogen (secondary N) is 2. The van der Waals surface area contributed by atoms with Crippen molar-refractivity contribution in [3.63, 3.8) is 0 Å². The fraction of sp³-hybridized carbons (Fsp3) is 0.333. The molecule has 0 spiro atoms. The van der Waals surface area contributed by atoms with Crippen LogP contribution in [0.3, 0.4) is 0 Å². The minimum absolute atomic E-state index is 0.0263. The molecule has 0 bridgehead atoms. The highest BCUT2D eigenvalue weighted by atomic mass is 32.2. The highest BCUT2D eigenvalue weighted by Crippen LogP contribution is 2.24. The lowest BCUT2D eigenvalue weighted by Gasteiger charge is -2.22. The number of benzene rings is 1. The van der Waals surface area contributed by atoms with E-state index in [1.807, 2.05) is 0 Å². The molecule has 12 heteroatoms. The number of nitrogens with zero attached hydrogens (tertiary/aromatic N) is 1. The molecule has 2 unspecified atom stereocenters. The van der Waals surface area contributed by atoms with E-state index in [9.17, 15) is 35.9 Å². The number of hydrogen-bond donors (Lipinski definition) is 3. The first-order chi connectivity index (χ1) is 13.9. The molecule has 0 saturated carbocycles. The molecule has 0 saturated heterocycles. The van der Waals surface area contributed by atoms with Crippen LogP contribution in [0.5, 0.6) is 0 Å². The first kappa shape index (κ1) is 23.7. The summed E-state index contributed by atoms with van der Waals surface area (Å²) in [5, 5.41) is 11.6. The Hall–Kier alpha value is -2.57. The third-order valence-corrected chi connectivity index (χ3v) is 4.72. The average Bonchev–Trinajstić information content (AvgIpc) is 2.69. The predicted molar refractivity (Wildman–Crippen MR) is 100 cm³/mol. The molecule has 7 nitrogen and oxygen atoms in total. The maximum atomic E-state index is 13.1. The first-order valence-electron chi connectivity index (χ1n) is 8.52. The van der Waals surface area contributed by atoms with Crippen molar-refractivity contribution in [2.45, 2.75) is 24.9 Å². The third kappa shape index (κ3) is 6.75. The number of aromatic nitrogens is 1. The van der Waals surface area contributed by atoms with Gasteiger partial charge in [0.15, 0.2) is 0 Å². The highest BCUT2D eigenvalue weighted by molar-refractivity contribution is 7.88. The molecule has 164 valence electrons. The van der Waals surface area contributed by atoms with E-state index in [1.165, 1.54) is 23.6 Å². The van der Waals surface area contributed by atoms with E-state index in [2.05, 4.69) is 9.71 Å². The zero-order valence-corrected chi connectivity index (χ0v) is 16.5. The second-order valence-corrected chi connectivity index (χ2v) is 8.26. The Labute approximate surface area is 170 Å². The van der Waals surface area contributed by atoms with Gasteiger partial charge in [0, 0.05) is 11.8 Å². The van der Waals surface area contributed by atoms with Crippen molar-refractivity contribution in [1.82, 2.24) is 15.0 Å². The molecule has 0 aliphatic rings. The van der Waals surface area contributed by atoms with E-state index < -0.39 is 40.9 Å². The Bertz CT molecular complexity index is 964. The van der Waals surface area contributed by atoms with E-state index in [0.29, 0.717) is 16.8 Å². The summed E-state index contributed by atoms with van der Waals surface area (Å²) in [4.78, 5) is 15.1. The molecule has 2 atom stereocenters. The van der Waals surface area contributed by atoms with Gasteiger partial charge in [-0.2, -0.15) is 13.2 Å².